The minimum Gasteiger partial charge on any atom is -0.476 e. The van der Waals surface area contributed by atoms with Crippen LogP contribution in [0.5, 0.6) is 0 Å². The Bertz CT molecular complexity index is 1110. The highest BCUT2D eigenvalue weighted by Crippen LogP contribution is 2.30. The van der Waals surface area contributed by atoms with E-state index in [2.05, 4.69) is 20.2 Å². The second kappa shape index (κ2) is 7.91. The zero-order chi connectivity index (χ0) is 19.5. The average Bonchev–Trinajstić information content (AvgIpc) is 3.35. The molecular weight excluding hydrogens is 394 g/mol. The van der Waals surface area contributed by atoms with Crippen LogP contribution in [0.3, 0.4) is 0 Å². The molecule has 1 N–H and O–H groups in total. The number of thioether (sulfide) groups is 1. The van der Waals surface area contributed by atoms with Crippen molar-refractivity contribution in [3.05, 3.63) is 70.4 Å². The summed E-state index contributed by atoms with van der Waals surface area (Å²) in [5, 5.41) is 20.8. The van der Waals surface area contributed by atoms with Crippen LogP contribution < -0.4 is 0 Å². The monoisotopic (exact) mass is 409 g/mol. The lowest BCUT2D eigenvalue weighted by atomic mass is 10.2. The van der Waals surface area contributed by atoms with Crippen molar-refractivity contribution in [1.29, 1.82) is 0 Å². The molecule has 0 bridgehead atoms. The number of carbonyl (C=O) groups is 1. The van der Waals surface area contributed by atoms with Gasteiger partial charge >= 0.3 is 5.97 Å². The highest BCUT2D eigenvalue weighted by atomic mass is 32.2. The summed E-state index contributed by atoms with van der Waals surface area (Å²) in [6.45, 7) is 2.04. The van der Waals surface area contributed by atoms with E-state index in [1.54, 1.807) is 17.8 Å². The van der Waals surface area contributed by atoms with Crippen molar-refractivity contribution in [2.75, 3.05) is 0 Å². The topological polar surface area (TPSA) is 93.8 Å². The molecule has 0 fully saturated rings. The Morgan fingerprint density at radius 2 is 1.89 bits per heavy atom. The first-order valence-corrected chi connectivity index (χ1v) is 10.2. The number of carboxylic acid groups (broad SMARTS) is 1. The van der Waals surface area contributed by atoms with Gasteiger partial charge in [-0.1, -0.05) is 29.5 Å². The van der Waals surface area contributed by atoms with Crippen LogP contribution in [0.2, 0.25) is 0 Å². The molecule has 0 spiro atoms. The van der Waals surface area contributed by atoms with Crippen molar-refractivity contribution < 1.29 is 9.90 Å². The van der Waals surface area contributed by atoms with Crippen LogP contribution in [0.4, 0.5) is 0 Å². The van der Waals surface area contributed by atoms with Gasteiger partial charge in [-0.2, -0.15) is 0 Å². The average molecular weight is 409 g/mol. The van der Waals surface area contributed by atoms with E-state index < -0.39 is 5.97 Å². The number of hydrogen-bond acceptors (Lipinski definition) is 7. The van der Waals surface area contributed by atoms with Crippen molar-refractivity contribution in [2.24, 2.45) is 0 Å². The van der Waals surface area contributed by atoms with Crippen molar-refractivity contribution in [1.82, 2.24) is 24.7 Å². The fraction of sp³-hybridized carbons (Fsp3) is 0.105. The lowest BCUT2D eigenvalue weighted by molar-refractivity contribution is 0.0691. The van der Waals surface area contributed by atoms with Gasteiger partial charge in [0.2, 0.25) is 0 Å². The molecule has 0 amide bonds. The van der Waals surface area contributed by atoms with E-state index in [9.17, 15) is 4.79 Å². The van der Waals surface area contributed by atoms with Crippen molar-refractivity contribution in [3.63, 3.8) is 0 Å². The van der Waals surface area contributed by atoms with Gasteiger partial charge in [-0.25, -0.2) is 9.78 Å². The molecule has 4 rings (SSSR count). The molecule has 0 aliphatic heterocycles. The Morgan fingerprint density at radius 3 is 2.57 bits per heavy atom. The molecule has 0 saturated heterocycles. The molecule has 9 heteroatoms. The molecule has 3 aromatic heterocycles. The molecule has 0 unspecified atom stereocenters. The maximum absolute atomic E-state index is 11.0. The van der Waals surface area contributed by atoms with Crippen molar-refractivity contribution in [2.45, 2.75) is 17.8 Å². The Hall–Kier alpha value is -3.04. The quantitative estimate of drug-likeness (QED) is 0.479. The highest BCUT2D eigenvalue weighted by Gasteiger charge is 2.17. The van der Waals surface area contributed by atoms with Gasteiger partial charge in [-0.15, -0.1) is 21.5 Å². The fourth-order valence-electron chi connectivity index (χ4n) is 2.58. The molecule has 0 aliphatic rings. The van der Waals surface area contributed by atoms with Gasteiger partial charge in [-0.05, 0) is 31.2 Å². The van der Waals surface area contributed by atoms with Gasteiger partial charge in [0, 0.05) is 29.0 Å². The summed E-state index contributed by atoms with van der Waals surface area (Å²) in [6.07, 6.45) is 3.44. The fourth-order valence-corrected chi connectivity index (χ4v) is 4.32. The summed E-state index contributed by atoms with van der Waals surface area (Å²) >= 11 is 2.79. The number of pyridine rings is 1. The van der Waals surface area contributed by atoms with Gasteiger partial charge in [0.25, 0.3) is 0 Å². The number of aryl methyl sites for hydroxylation is 1. The van der Waals surface area contributed by atoms with Crippen molar-refractivity contribution in [3.8, 4) is 17.1 Å². The summed E-state index contributed by atoms with van der Waals surface area (Å²) in [5.74, 6) is 0.215. The number of thiazole rings is 1. The third-order valence-corrected chi connectivity index (χ3v) is 5.93. The Morgan fingerprint density at radius 1 is 1.14 bits per heavy atom. The maximum Gasteiger partial charge on any atom is 0.355 e. The lowest BCUT2D eigenvalue weighted by Crippen LogP contribution is -2.00. The molecule has 7 nitrogen and oxygen atoms in total. The number of hydrogen-bond donors (Lipinski definition) is 1. The molecule has 140 valence electrons. The Balaban J connectivity index is 1.69. The molecule has 0 atom stereocenters. The number of nitrogens with zero attached hydrogens (tertiary/aromatic N) is 5. The van der Waals surface area contributed by atoms with E-state index in [1.165, 1.54) is 28.7 Å². The maximum atomic E-state index is 11.0. The molecule has 3 heterocycles. The Labute approximate surface area is 169 Å². The third-order valence-electron chi connectivity index (χ3n) is 3.96. The standard InChI is InChI=1S/C19H15N5O2S2/c1-12-2-4-14(5-3-12)24-17(13-6-8-20-9-7-13)22-23-19(24)28-11-16-21-15(10-27-16)18(25)26/h2-10H,11H2,1H3,(H,25,26). The van der Waals surface area contributed by atoms with E-state index >= 15 is 0 Å². The van der Waals surface area contributed by atoms with E-state index in [0.29, 0.717) is 10.9 Å². The predicted octanol–water partition coefficient (Wildman–Crippen LogP) is 4.08. The summed E-state index contributed by atoms with van der Waals surface area (Å²) in [4.78, 5) is 19.2. The van der Waals surface area contributed by atoms with Crippen LogP contribution in [0.15, 0.2) is 59.3 Å². The number of benzene rings is 1. The Kier molecular flexibility index (Phi) is 5.18. The van der Waals surface area contributed by atoms with Crippen LogP contribution in [0, 0.1) is 6.92 Å². The van der Waals surface area contributed by atoms with Gasteiger partial charge in [0.05, 0.1) is 5.75 Å². The summed E-state index contributed by atoms with van der Waals surface area (Å²) in [5.41, 5.74) is 3.10. The van der Waals surface area contributed by atoms with Crippen LogP contribution >= 0.6 is 23.1 Å². The van der Waals surface area contributed by atoms with Gasteiger partial charge in [-0.3, -0.25) is 9.55 Å². The zero-order valence-electron chi connectivity index (χ0n) is 14.8. The third kappa shape index (κ3) is 3.80. The minimum absolute atomic E-state index is 0.0677. The number of aromatic carboxylic acids is 1. The van der Waals surface area contributed by atoms with Gasteiger partial charge in [0.15, 0.2) is 16.7 Å². The number of carboxylic acids is 1. The molecular formula is C19H15N5O2S2. The van der Waals surface area contributed by atoms with E-state index in [4.69, 9.17) is 5.11 Å². The predicted molar refractivity (Wildman–Crippen MR) is 108 cm³/mol. The molecule has 0 radical (unpaired) electrons. The molecule has 0 saturated carbocycles. The minimum atomic E-state index is -1.02. The summed E-state index contributed by atoms with van der Waals surface area (Å²) in [6, 6.07) is 11.9. The highest BCUT2D eigenvalue weighted by molar-refractivity contribution is 7.98. The van der Waals surface area contributed by atoms with Crippen LogP contribution in [-0.4, -0.2) is 35.8 Å². The summed E-state index contributed by atoms with van der Waals surface area (Å²) in [7, 11) is 0. The second-order valence-corrected chi connectivity index (χ2v) is 7.82. The van der Waals surface area contributed by atoms with Gasteiger partial charge in [0.1, 0.15) is 5.01 Å². The van der Waals surface area contributed by atoms with Crippen LogP contribution in [-0.2, 0) is 5.75 Å². The normalized spacial score (nSPS) is 10.9. The first kappa shape index (κ1) is 18.3. The first-order valence-electron chi connectivity index (χ1n) is 8.35. The van der Waals surface area contributed by atoms with E-state index in [-0.39, 0.29) is 5.69 Å². The molecule has 0 aliphatic carbocycles. The van der Waals surface area contributed by atoms with Crippen LogP contribution in [0.1, 0.15) is 21.1 Å². The zero-order valence-corrected chi connectivity index (χ0v) is 16.4. The SMILES string of the molecule is Cc1ccc(-n2c(SCc3nc(C(=O)O)cs3)nnc2-c2ccncc2)cc1. The van der Waals surface area contributed by atoms with Crippen LogP contribution in [0.25, 0.3) is 17.1 Å². The number of aromatic nitrogens is 5. The molecule has 1 aromatic carbocycles. The smallest absolute Gasteiger partial charge is 0.355 e. The van der Waals surface area contributed by atoms with Gasteiger partial charge < -0.3 is 5.11 Å². The molecule has 28 heavy (non-hydrogen) atoms. The largest absolute Gasteiger partial charge is 0.476 e. The number of rotatable bonds is 6. The first-order chi connectivity index (χ1) is 13.6. The molecule has 4 aromatic rings. The van der Waals surface area contributed by atoms with Crippen molar-refractivity contribution >= 4 is 29.1 Å². The lowest BCUT2D eigenvalue weighted by Gasteiger charge is -2.10. The van der Waals surface area contributed by atoms with E-state index in [0.717, 1.165) is 22.1 Å². The van der Waals surface area contributed by atoms with E-state index in [1.807, 2.05) is 47.9 Å². The summed E-state index contributed by atoms with van der Waals surface area (Å²) < 4.78 is 1.99. The second-order valence-electron chi connectivity index (χ2n) is 5.93.